The van der Waals surface area contributed by atoms with Crippen LogP contribution < -0.4 is 0 Å². The molecule has 4 rings (SSSR count). The highest BCUT2D eigenvalue weighted by Gasteiger charge is 2.26. The molecule has 0 atom stereocenters. The SMILES string of the molecule is O=C(Cc1ccc(F)cc1)N1CCN(C(=O)c2csc(-c3ccco3)n2)CC1. The van der Waals surface area contributed by atoms with Crippen molar-refractivity contribution in [2.24, 2.45) is 0 Å². The lowest BCUT2D eigenvalue weighted by Crippen LogP contribution is -2.51. The van der Waals surface area contributed by atoms with E-state index in [0.717, 1.165) is 5.56 Å². The summed E-state index contributed by atoms with van der Waals surface area (Å²) in [5, 5.41) is 2.40. The normalized spacial score (nSPS) is 14.3. The van der Waals surface area contributed by atoms with Crippen LogP contribution in [0.15, 0.2) is 52.5 Å². The number of furan rings is 1. The van der Waals surface area contributed by atoms with Gasteiger partial charge >= 0.3 is 0 Å². The smallest absolute Gasteiger partial charge is 0.273 e. The van der Waals surface area contributed by atoms with Gasteiger partial charge in [-0.2, -0.15) is 0 Å². The van der Waals surface area contributed by atoms with Crippen LogP contribution in [0.4, 0.5) is 4.39 Å². The van der Waals surface area contributed by atoms with E-state index in [1.54, 1.807) is 45.7 Å². The van der Waals surface area contributed by atoms with Gasteiger partial charge in [-0.3, -0.25) is 9.59 Å². The van der Waals surface area contributed by atoms with Crippen LogP contribution in [0.2, 0.25) is 0 Å². The Labute approximate surface area is 165 Å². The molecule has 0 unspecified atom stereocenters. The highest BCUT2D eigenvalue weighted by atomic mass is 32.1. The van der Waals surface area contributed by atoms with Crippen molar-refractivity contribution >= 4 is 23.2 Å². The molecule has 0 saturated carbocycles. The van der Waals surface area contributed by atoms with E-state index >= 15 is 0 Å². The fourth-order valence-electron chi connectivity index (χ4n) is 3.10. The standard InChI is InChI=1S/C20H18FN3O3S/c21-15-5-3-14(4-6-15)12-18(25)23-7-9-24(10-8-23)20(26)16-13-28-19(22-16)17-2-1-11-27-17/h1-6,11,13H,7-10,12H2. The zero-order valence-corrected chi connectivity index (χ0v) is 15.8. The first kappa shape index (κ1) is 18.4. The van der Waals surface area contributed by atoms with Crippen LogP contribution in [0.5, 0.6) is 0 Å². The molecule has 0 aliphatic carbocycles. The Bertz CT molecular complexity index is 961. The number of aromatic nitrogens is 1. The van der Waals surface area contributed by atoms with Gasteiger partial charge in [-0.15, -0.1) is 11.3 Å². The van der Waals surface area contributed by atoms with Crippen molar-refractivity contribution in [2.45, 2.75) is 6.42 Å². The second kappa shape index (κ2) is 7.93. The van der Waals surface area contributed by atoms with Crippen molar-refractivity contribution < 1.29 is 18.4 Å². The van der Waals surface area contributed by atoms with Crippen molar-refractivity contribution in [1.82, 2.24) is 14.8 Å². The number of hydrogen-bond donors (Lipinski definition) is 0. The Balaban J connectivity index is 1.33. The Kier molecular flexibility index (Phi) is 5.21. The molecule has 0 radical (unpaired) electrons. The van der Waals surface area contributed by atoms with E-state index in [1.807, 2.05) is 0 Å². The molecule has 0 bridgehead atoms. The quantitative estimate of drug-likeness (QED) is 0.676. The minimum absolute atomic E-state index is 0.0209. The van der Waals surface area contributed by atoms with Gasteiger partial charge < -0.3 is 14.2 Å². The molecule has 1 fully saturated rings. The minimum Gasteiger partial charge on any atom is -0.462 e. The third-order valence-corrected chi connectivity index (χ3v) is 5.50. The molecule has 2 amide bonds. The van der Waals surface area contributed by atoms with E-state index in [-0.39, 0.29) is 24.1 Å². The molecule has 0 spiro atoms. The lowest BCUT2D eigenvalue weighted by molar-refractivity contribution is -0.131. The van der Waals surface area contributed by atoms with Gasteiger partial charge in [0.25, 0.3) is 5.91 Å². The molecule has 144 valence electrons. The Morgan fingerprint density at radius 3 is 2.46 bits per heavy atom. The molecule has 28 heavy (non-hydrogen) atoms. The number of carbonyl (C=O) groups excluding carboxylic acids is 2. The lowest BCUT2D eigenvalue weighted by atomic mass is 10.1. The third-order valence-electron chi connectivity index (χ3n) is 4.64. The van der Waals surface area contributed by atoms with Crippen LogP contribution in [0.25, 0.3) is 10.8 Å². The summed E-state index contributed by atoms with van der Waals surface area (Å²) in [6.07, 6.45) is 1.80. The first-order valence-corrected chi connectivity index (χ1v) is 9.79. The average Bonchev–Trinajstić information content (AvgIpc) is 3.41. The van der Waals surface area contributed by atoms with Gasteiger partial charge in [-0.25, -0.2) is 9.37 Å². The topological polar surface area (TPSA) is 66.7 Å². The monoisotopic (exact) mass is 399 g/mol. The predicted molar refractivity (Wildman–Crippen MR) is 102 cm³/mol. The molecule has 0 N–H and O–H groups in total. The molecule has 1 saturated heterocycles. The summed E-state index contributed by atoms with van der Waals surface area (Å²) < 4.78 is 18.3. The van der Waals surface area contributed by atoms with E-state index in [9.17, 15) is 14.0 Å². The van der Waals surface area contributed by atoms with Gasteiger partial charge in [-0.05, 0) is 29.8 Å². The first-order chi connectivity index (χ1) is 13.6. The van der Waals surface area contributed by atoms with Crippen molar-refractivity contribution in [3.63, 3.8) is 0 Å². The van der Waals surface area contributed by atoms with Crippen molar-refractivity contribution in [2.75, 3.05) is 26.2 Å². The van der Waals surface area contributed by atoms with Crippen LogP contribution in [0.1, 0.15) is 16.1 Å². The van der Waals surface area contributed by atoms with Crippen molar-refractivity contribution in [1.29, 1.82) is 0 Å². The van der Waals surface area contributed by atoms with Crippen LogP contribution in [0, 0.1) is 5.82 Å². The van der Waals surface area contributed by atoms with E-state index in [2.05, 4.69) is 4.98 Å². The van der Waals surface area contributed by atoms with Crippen molar-refractivity contribution in [3.05, 3.63) is 65.1 Å². The molecule has 1 aliphatic heterocycles. The second-order valence-corrected chi connectivity index (χ2v) is 7.35. The maximum atomic E-state index is 13.0. The maximum absolute atomic E-state index is 13.0. The molecule has 3 heterocycles. The predicted octanol–water partition coefficient (Wildman–Crippen LogP) is 3.07. The molecule has 6 nitrogen and oxygen atoms in total. The molecule has 3 aromatic rings. The third kappa shape index (κ3) is 3.96. The fourth-order valence-corrected chi connectivity index (χ4v) is 3.86. The number of amides is 2. The molecule has 2 aromatic heterocycles. The number of nitrogens with zero attached hydrogens (tertiary/aromatic N) is 3. The average molecular weight is 399 g/mol. The number of rotatable bonds is 4. The fraction of sp³-hybridized carbons (Fsp3) is 0.250. The highest BCUT2D eigenvalue weighted by Crippen LogP contribution is 2.24. The van der Waals surface area contributed by atoms with Crippen LogP contribution >= 0.6 is 11.3 Å². The zero-order chi connectivity index (χ0) is 19.5. The van der Waals surface area contributed by atoms with Gasteiger partial charge in [-0.1, -0.05) is 12.1 Å². The van der Waals surface area contributed by atoms with E-state index in [4.69, 9.17) is 4.42 Å². The zero-order valence-electron chi connectivity index (χ0n) is 15.0. The van der Waals surface area contributed by atoms with Gasteiger partial charge in [0.1, 0.15) is 11.5 Å². The summed E-state index contributed by atoms with van der Waals surface area (Å²) in [5.41, 5.74) is 1.17. The Hall–Kier alpha value is -3.00. The number of halogens is 1. The summed E-state index contributed by atoms with van der Waals surface area (Å²) in [4.78, 5) is 32.9. The van der Waals surface area contributed by atoms with Crippen LogP contribution in [0.3, 0.4) is 0 Å². The summed E-state index contributed by atoms with van der Waals surface area (Å²) >= 11 is 1.36. The summed E-state index contributed by atoms with van der Waals surface area (Å²) in [6, 6.07) is 9.52. The Morgan fingerprint density at radius 2 is 1.79 bits per heavy atom. The number of piperazine rings is 1. The number of hydrogen-bond acceptors (Lipinski definition) is 5. The van der Waals surface area contributed by atoms with Gasteiger partial charge in [0.05, 0.1) is 12.7 Å². The lowest BCUT2D eigenvalue weighted by Gasteiger charge is -2.34. The molecule has 8 heteroatoms. The first-order valence-electron chi connectivity index (χ1n) is 8.91. The second-order valence-electron chi connectivity index (χ2n) is 6.49. The summed E-state index contributed by atoms with van der Waals surface area (Å²) in [5.74, 6) is 0.160. The van der Waals surface area contributed by atoms with Gasteiger partial charge in [0, 0.05) is 31.6 Å². The summed E-state index contributed by atoms with van der Waals surface area (Å²) in [6.45, 7) is 1.87. The maximum Gasteiger partial charge on any atom is 0.273 e. The molecular weight excluding hydrogens is 381 g/mol. The number of thiazole rings is 1. The molecule has 1 aliphatic rings. The highest BCUT2D eigenvalue weighted by molar-refractivity contribution is 7.13. The van der Waals surface area contributed by atoms with Gasteiger partial charge in [0.2, 0.25) is 5.91 Å². The summed E-state index contributed by atoms with van der Waals surface area (Å²) in [7, 11) is 0. The van der Waals surface area contributed by atoms with E-state index < -0.39 is 0 Å². The van der Waals surface area contributed by atoms with Gasteiger partial charge in [0.15, 0.2) is 10.8 Å². The minimum atomic E-state index is -0.319. The van der Waals surface area contributed by atoms with Crippen LogP contribution in [-0.4, -0.2) is 52.8 Å². The van der Waals surface area contributed by atoms with E-state index in [0.29, 0.717) is 42.6 Å². The Morgan fingerprint density at radius 1 is 1.07 bits per heavy atom. The van der Waals surface area contributed by atoms with Crippen molar-refractivity contribution in [3.8, 4) is 10.8 Å². The molecule has 1 aromatic carbocycles. The van der Waals surface area contributed by atoms with E-state index in [1.165, 1.54) is 23.5 Å². The molecular formula is C20H18FN3O3S. The number of carbonyl (C=O) groups is 2. The number of benzene rings is 1. The largest absolute Gasteiger partial charge is 0.462 e. The van der Waals surface area contributed by atoms with Crippen LogP contribution in [-0.2, 0) is 11.2 Å².